The number of benzene rings is 2. The number of carbonyl (C=O) groups is 1. The second-order valence-corrected chi connectivity index (χ2v) is 10.5. The van der Waals surface area contributed by atoms with Crippen LogP contribution in [-0.2, 0) is 16.0 Å². The Hall–Kier alpha value is -3.22. The average Bonchev–Trinajstić information content (AvgIpc) is 3.37. The molecule has 5 rings (SSSR count). The van der Waals surface area contributed by atoms with Gasteiger partial charge in [0.15, 0.2) is 0 Å². The first kappa shape index (κ1) is 30.7. The number of fused-ring (bicyclic) bond motifs is 1. The lowest BCUT2D eigenvalue weighted by Crippen LogP contribution is -2.32. The number of nitrogens with zero attached hydrogens (tertiary/aromatic N) is 2. The third kappa shape index (κ3) is 6.82. The zero-order valence-electron chi connectivity index (χ0n) is 21.2. The number of ether oxygens (including phenoxy) is 2. The maximum atomic E-state index is 14.5. The normalized spacial score (nSPS) is 15.1. The molecule has 0 spiro atoms. The van der Waals surface area contributed by atoms with Crippen LogP contribution in [0.4, 0.5) is 13.2 Å². The number of carboxylic acids is 1. The molecule has 2 aromatic heterocycles. The van der Waals surface area contributed by atoms with Crippen LogP contribution < -0.4 is 10.5 Å². The van der Waals surface area contributed by atoms with Gasteiger partial charge in [-0.1, -0.05) is 48.0 Å². The van der Waals surface area contributed by atoms with Crippen LogP contribution in [0.1, 0.15) is 29.2 Å². The van der Waals surface area contributed by atoms with Crippen LogP contribution in [0.25, 0.3) is 26.9 Å². The number of carboxylic acid groups (broad SMARTS) is 1. The van der Waals surface area contributed by atoms with E-state index in [0.717, 1.165) is 11.1 Å². The number of halogens is 5. The van der Waals surface area contributed by atoms with Crippen LogP contribution in [0.3, 0.4) is 0 Å². The molecule has 216 valence electrons. The highest BCUT2D eigenvalue weighted by Gasteiger charge is 2.45. The SMILES string of the molecule is Cl.NC(Cc1ccc(-c2csc3c(O[C@H](c4ccc(Cl)cc4C4=CCOCC4)C(F)(F)F)ncnc23)cc1)C(=O)O. The lowest BCUT2D eigenvalue weighted by Gasteiger charge is -2.25. The predicted octanol–water partition coefficient (Wildman–Crippen LogP) is 6.87. The summed E-state index contributed by atoms with van der Waals surface area (Å²) in [4.78, 5) is 19.4. The Bertz CT molecular complexity index is 1580. The van der Waals surface area contributed by atoms with Gasteiger partial charge in [-0.25, -0.2) is 9.97 Å². The van der Waals surface area contributed by atoms with Crippen LogP contribution in [0.15, 0.2) is 60.2 Å². The highest BCUT2D eigenvalue weighted by Crippen LogP contribution is 2.44. The second kappa shape index (κ2) is 12.7. The minimum absolute atomic E-state index is 0. The van der Waals surface area contributed by atoms with E-state index in [1.807, 2.05) is 0 Å². The van der Waals surface area contributed by atoms with Crippen LogP contribution >= 0.6 is 35.3 Å². The van der Waals surface area contributed by atoms with E-state index in [4.69, 9.17) is 31.9 Å². The number of rotatable bonds is 8. The van der Waals surface area contributed by atoms with Crippen molar-refractivity contribution in [1.82, 2.24) is 9.97 Å². The lowest BCUT2D eigenvalue weighted by atomic mass is 9.93. The zero-order valence-corrected chi connectivity index (χ0v) is 23.6. The molecular weight excluding hydrogens is 602 g/mol. The van der Waals surface area contributed by atoms with E-state index < -0.39 is 24.3 Å². The number of nitrogens with two attached hydrogens (primary N) is 1. The van der Waals surface area contributed by atoms with Gasteiger partial charge >= 0.3 is 12.1 Å². The topological polar surface area (TPSA) is 108 Å². The Morgan fingerprint density at radius 2 is 1.93 bits per heavy atom. The standard InChI is InChI=1S/C28H23ClF3N3O4S.ClH/c29-18-5-6-19(20(12-18)17-7-9-38-10-8-17)25(28(30,31)32)39-26-24-23(34-14-35-26)21(13-40-24)16-3-1-15(2-4-16)11-22(33)27(36)37;/h1-7,12-14,22,25H,8-11,33H2,(H,36,37);1H/t22?,25-;/m1./s1. The van der Waals surface area contributed by atoms with E-state index in [-0.39, 0.29) is 30.3 Å². The van der Waals surface area contributed by atoms with Crippen molar-refractivity contribution in [3.05, 3.63) is 82.0 Å². The van der Waals surface area contributed by atoms with Gasteiger partial charge in [0.05, 0.1) is 18.7 Å². The van der Waals surface area contributed by atoms with Gasteiger partial charge in [-0.3, -0.25) is 4.79 Å². The molecule has 0 fully saturated rings. The molecule has 2 aromatic carbocycles. The van der Waals surface area contributed by atoms with Crippen LogP contribution in [0.5, 0.6) is 5.88 Å². The van der Waals surface area contributed by atoms with E-state index in [9.17, 15) is 18.0 Å². The predicted molar refractivity (Wildman–Crippen MR) is 154 cm³/mol. The summed E-state index contributed by atoms with van der Waals surface area (Å²) in [6.45, 7) is 0.698. The van der Waals surface area contributed by atoms with Crippen LogP contribution in [0, 0.1) is 0 Å². The van der Waals surface area contributed by atoms with E-state index in [1.165, 1.54) is 35.9 Å². The van der Waals surface area contributed by atoms with Crippen molar-refractivity contribution in [2.75, 3.05) is 13.2 Å². The Morgan fingerprint density at radius 3 is 2.59 bits per heavy atom. The maximum absolute atomic E-state index is 14.5. The molecule has 0 radical (unpaired) electrons. The number of aromatic nitrogens is 2. The van der Waals surface area contributed by atoms with Crippen molar-refractivity contribution >= 4 is 57.1 Å². The van der Waals surface area contributed by atoms with Gasteiger partial charge in [0.25, 0.3) is 0 Å². The molecule has 1 unspecified atom stereocenters. The number of hydrogen-bond donors (Lipinski definition) is 2. The molecule has 1 aliphatic heterocycles. The summed E-state index contributed by atoms with van der Waals surface area (Å²) in [5.41, 5.74) is 9.24. The Kier molecular flexibility index (Phi) is 9.55. The summed E-state index contributed by atoms with van der Waals surface area (Å²) < 4.78 is 54.8. The van der Waals surface area contributed by atoms with E-state index in [2.05, 4.69) is 9.97 Å². The van der Waals surface area contributed by atoms with Gasteiger partial charge in [0, 0.05) is 21.5 Å². The van der Waals surface area contributed by atoms with Crippen molar-refractivity contribution in [3.63, 3.8) is 0 Å². The van der Waals surface area contributed by atoms with Gasteiger partial charge in [-0.05, 0) is 47.2 Å². The van der Waals surface area contributed by atoms with Gasteiger partial charge in [-0.2, -0.15) is 13.2 Å². The zero-order chi connectivity index (χ0) is 28.4. The molecule has 3 N–H and O–H groups in total. The molecule has 3 heterocycles. The van der Waals surface area contributed by atoms with E-state index >= 15 is 0 Å². The third-order valence-corrected chi connectivity index (χ3v) is 7.68. The minimum atomic E-state index is -4.75. The molecular formula is C28H24Cl2F3N3O4S. The first-order chi connectivity index (χ1) is 19.1. The molecule has 4 aromatic rings. The maximum Gasteiger partial charge on any atom is 0.429 e. The van der Waals surface area contributed by atoms with Gasteiger partial charge in [0.1, 0.15) is 17.1 Å². The first-order valence-electron chi connectivity index (χ1n) is 12.2. The quantitative estimate of drug-likeness (QED) is 0.220. The Morgan fingerprint density at radius 1 is 1.17 bits per heavy atom. The molecule has 1 aliphatic rings. The molecule has 0 saturated carbocycles. The van der Waals surface area contributed by atoms with Crippen molar-refractivity contribution in [2.24, 2.45) is 5.73 Å². The monoisotopic (exact) mass is 625 g/mol. The Labute approximate surface area is 248 Å². The first-order valence-corrected chi connectivity index (χ1v) is 13.5. The smallest absolute Gasteiger partial charge is 0.429 e. The minimum Gasteiger partial charge on any atom is -0.480 e. The lowest BCUT2D eigenvalue weighted by molar-refractivity contribution is -0.198. The average molecular weight is 626 g/mol. The summed E-state index contributed by atoms with van der Waals surface area (Å²) in [6, 6.07) is 10.3. The molecule has 13 heteroatoms. The second-order valence-electron chi connectivity index (χ2n) is 9.18. The van der Waals surface area contributed by atoms with E-state index in [1.54, 1.807) is 35.7 Å². The summed E-state index contributed by atoms with van der Waals surface area (Å²) in [7, 11) is 0. The van der Waals surface area contributed by atoms with Gasteiger partial charge in [0.2, 0.25) is 12.0 Å². The largest absolute Gasteiger partial charge is 0.480 e. The van der Waals surface area contributed by atoms with Crippen molar-refractivity contribution < 1.29 is 32.5 Å². The van der Waals surface area contributed by atoms with Crippen molar-refractivity contribution in [3.8, 4) is 17.0 Å². The highest BCUT2D eigenvalue weighted by atomic mass is 35.5. The van der Waals surface area contributed by atoms with Crippen molar-refractivity contribution in [1.29, 1.82) is 0 Å². The fraction of sp³-hybridized carbons (Fsp3) is 0.250. The van der Waals surface area contributed by atoms with Gasteiger partial charge < -0.3 is 20.3 Å². The van der Waals surface area contributed by atoms with Crippen molar-refractivity contribution in [2.45, 2.75) is 31.2 Å². The summed E-state index contributed by atoms with van der Waals surface area (Å²) in [5, 5.41) is 11.1. The highest BCUT2D eigenvalue weighted by molar-refractivity contribution is 7.18. The fourth-order valence-electron chi connectivity index (χ4n) is 4.50. The third-order valence-electron chi connectivity index (χ3n) is 6.49. The number of aliphatic carboxylic acids is 1. The number of hydrogen-bond acceptors (Lipinski definition) is 7. The molecule has 0 saturated heterocycles. The molecule has 0 bridgehead atoms. The molecule has 2 atom stereocenters. The van der Waals surface area contributed by atoms with Crippen LogP contribution in [-0.4, -0.2) is 46.5 Å². The van der Waals surface area contributed by atoms with Crippen LogP contribution in [0.2, 0.25) is 5.02 Å². The number of alkyl halides is 3. The molecule has 0 amide bonds. The number of thiophene rings is 1. The fourth-order valence-corrected chi connectivity index (χ4v) is 5.64. The summed E-state index contributed by atoms with van der Waals surface area (Å²) >= 11 is 7.34. The molecule has 7 nitrogen and oxygen atoms in total. The van der Waals surface area contributed by atoms with E-state index in [0.29, 0.717) is 51.6 Å². The molecule has 0 aliphatic carbocycles. The van der Waals surface area contributed by atoms with Gasteiger partial charge in [-0.15, -0.1) is 23.7 Å². The molecule has 41 heavy (non-hydrogen) atoms. The Balaban J connectivity index is 0.00000387. The summed E-state index contributed by atoms with van der Waals surface area (Å²) in [6.07, 6.45) is -3.52. The summed E-state index contributed by atoms with van der Waals surface area (Å²) in [5.74, 6) is -1.28.